The topological polar surface area (TPSA) is 161 Å². The Morgan fingerprint density at radius 3 is 2.13 bits per heavy atom. The number of para-hydroxylation sites is 1. The summed E-state index contributed by atoms with van der Waals surface area (Å²) in [5, 5.41) is 14.9. The first-order valence-electron chi connectivity index (χ1n) is 21.6. The number of carbonyl (C=O) groups is 4. The Labute approximate surface area is 371 Å². The Kier molecular flexibility index (Phi) is 13.6. The lowest BCUT2D eigenvalue weighted by Gasteiger charge is -2.39. The van der Waals surface area contributed by atoms with Crippen LogP contribution in [0.1, 0.15) is 83.6 Å². The second-order valence-electron chi connectivity index (χ2n) is 16.7. The number of nitrogens with zero attached hydrogens (tertiary/aromatic N) is 4. The van der Waals surface area contributed by atoms with Gasteiger partial charge in [-0.1, -0.05) is 35.9 Å². The number of anilines is 6. The van der Waals surface area contributed by atoms with Gasteiger partial charge in [0.15, 0.2) is 11.6 Å². The lowest BCUT2D eigenvalue weighted by molar-refractivity contribution is -0.134. The van der Waals surface area contributed by atoms with E-state index in [1.54, 1.807) is 72.8 Å². The highest BCUT2D eigenvalue weighted by molar-refractivity contribution is 6.33. The third-order valence-corrected chi connectivity index (χ3v) is 12.7. The zero-order valence-electron chi connectivity index (χ0n) is 35.1. The molecule has 3 heterocycles. The molecule has 1 atom stereocenters. The van der Waals surface area contributed by atoms with Crippen LogP contribution in [-0.2, 0) is 9.59 Å². The van der Waals surface area contributed by atoms with E-state index in [1.165, 1.54) is 5.69 Å². The van der Waals surface area contributed by atoms with E-state index in [-0.39, 0.29) is 47.4 Å². The van der Waals surface area contributed by atoms with E-state index in [2.05, 4.69) is 65.5 Å². The number of imide groups is 1. The Morgan fingerprint density at radius 1 is 0.810 bits per heavy atom. The molecule has 8 rings (SSSR count). The lowest BCUT2D eigenvalue weighted by Crippen LogP contribution is -2.45. The van der Waals surface area contributed by atoms with E-state index in [9.17, 15) is 23.6 Å². The first-order valence-corrected chi connectivity index (χ1v) is 21.9. The molecule has 63 heavy (non-hydrogen) atoms. The molecular weight excluding hydrogens is 821 g/mol. The smallest absolute Gasteiger partial charge is 0.255 e. The van der Waals surface area contributed by atoms with Crippen molar-refractivity contribution in [3.8, 4) is 0 Å². The average molecular weight is 872 g/mol. The fraction of sp³-hybridized carbons (Fsp3) is 0.333. The van der Waals surface area contributed by atoms with Crippen molar-refractivity contribution in [1.82, 2.24) is 25.5 Å². The monoisotopic (exact) mass is 871 g/mol. The SMILES string of the molecule is CN(CC1CCN(c2ccc(C3CCC(=O)NC3=O)cc2)CC1)C1CCC(NC(=O)c2ccc(Nc3ncc(F)c(Nc4ccc(C(=O)Nc5ccccc5Cl)cc4)n3)cc2)CC1. The van der Waals surface area contributed by atoms with Gasteiger partial charge in [0.2, 0.25) is 17.8 Å². The van der Waals surface area contributed by atoms with E-state index >= 15 is 0 Å². The van der Waals surface area contributed by atoms with Gasteiger partial charge in [-0.05, 0) is 136 Å². The third-order valence-electron chi connectivity index (χ3n) is 12.4. The zero-order valence-corrected chi connectivity index (χ0v) is 35.8. The van der Waals surface area contributed by atoms with Gasteiger partial charge < -0.3 is 31.1 Å². The van der Waals surface area contributed by atoms with Crippen molar-refractivity contribution in [1.29, 1.82) is 0 Å². The number of hydrogen-bond acceptors (Lipinski definition) is 10. The Hall–Kier alpha value is -6.38. The molecular formula is C48H51ClFN9O4. The molecule has 2 aliphatic heterocycles. The third kappa shape index (κ3) is 11.0. The van der Waals surface area contributed by atoms with Crippen LogP contribution in [0, 0.1) is 11.7 Å². The summed E-state index contributed by atoms with van der Waals surface area (Å²) in [7, 11) is 2.24. The average Bonchev–Trinajstić information content (AvgIpc) is 3.29. The highest BCUT2D eigenvalue weighted by Gasteiger charge is 2.30. The van der Waals surface area contributed by atoms with Gasteiger partial charge in [-0.2, -0.15) is 4.98 Å². The number of hydrogen-bond donors (Lipinski definition) is 5. The molecule has 1 aromatic heterocycles. The first kappa shape index (κ1) is 43.3. The number of nitrogens with one attached hydrogen (secondary N) is 5. The van der Waals surface area contributed by atoms with Crippen LogP contribution in [0.5, 0.6) is 0 Å². The molecule has 5 N–H and O–H groups in total. The van der Waals surface area contributed by atoms with Gasteiger partial charge in [0.05, 0.1) is 22.8 Å². The largest absolute Gasteiger partial charge is 0.372 e. The van der Waals surface area contributed by atoms with Gasteiger partial charge in [-0.15, -0.1) is 0 Å². The molecule has 13 nitrogen and oxygen atoms in total. The number of carbonyl (C=O) groups excluding carboxylic acids is 4. The number of halogens is 2. The van der Waals surface area contributed by atoms with E-state index in [4.69, 9.17) is 11.6 Å². The molecule has 0 radical (unpaired) electrons. The summed E-state index contributed by atoms with van der Waals surface area (Å²) in [5.41, 5.74) is 4.73. The fourth-order valence-electron chi connectivity index (χ4n) is 8.74. The van der Waals surface area contributed by atoms with Gasteiger partial charge in [-0.3, -0.25) is 24.5 Å². The van der Waals surface area contributed by atoms with Gasteiger partial charge in [0.25, 0.3) is 11.8 Å². The molecule has 0 spiro atoms. The van der Waals surface area contributed by atoms with Gasteiger partial charge in [0.1, 0.15) is 0 Å². The molecule has 3 aliphatic rings. The predicted octanol–water partition coefficient (Wildman–Crippen LogP) is 8.42. The maximum absolute atomic E-state index is 14.7. The van der Waals surface area contributed by atoms with Crippen molar-refractivity contribution >= 4 is 69.7 Å². The summed E-state index contributed by atoms with van der Waals surface area (Å²) in [5.74, 6) is -1.02. The number of rotatable bonds is 13. The van der Waals surface area contributed by atoms with Gasteiger partial charge in [0, 0.05) is 66.3 Å². The highest BCUT2D eigenvalue weighted by atomic mass is 35.5. The van der Waals surface area contributed by atoms with Crippen LogP contribution in [-0.4, -0.2) is 77.3 Å². The zero-order chi connectivity index (χ0) is 43.9. The van der Waals surface area contributed by atoms with Crippen LogP contribution >= 0.6 is 11.6 Å². The number of aromatic nitrogens is 2. The second-order valence-corrected chi connectivity index (χ2v) is 17.1. The molecule has 15 heteroatoms. The van der Waals surface area contributed by atoms with Crippen LogP contribution < -0.4 is 31.5 Å². The molecule has 1 aliphatic carbocycles. The maximum Gasteiger partial charge on any atom is 0.255 e. The molecule has 4 aromatic carbocycles. The summed E-state index contributed by atoms with van der Waals surface area (Å²) in [4.78, 5) is 63.1. The molecule has 5 aromatic rings. The van der Waals surface area contributed by atoms with Crippen molar-refractivity contribution in [2.75, 3.05) is 47.5 Å². The number of piperidine rings is 2. The second kappa shape index (κ2) is 19.8. The van der Waals surface area contributed by atoms with Crippen molar-refractivity contribution in [2.45, 2.75) is 69.4 Å². The van der Waals surface area contributed by atoms with Crippen molar-refractivity contribution in [3.05, 3.63) is 131 Å². The maximum atomic E-state index is 14.7. The molecule has 3 fully saturated rings. The summed E-state index contributed by atoms with van der Waals surface area (Å²) in [6.07, 6.45) is 8.17. The molecule has 2 saturated heterocycles. The molecule has 326 valence electrons. The minimum atomic E-state index is -0.653. The standard InChI is InChI=1S/C48H51ClFN9O4/c1-58(29-30-24-26-59(27-25-30)38-18-10-31(11-19-38)39-22-23-43(60)56-47(39)63)37-20-16-35(17-21-37)53-45(61)32-8-14-36(15-9-32)54-48-51-28-41(50)44(57-48)52-34-12-6-33(7-13-34)46(62)55-42-5-3-2-4-40(42)49/h2-15,18-19,28,30,35,37,39H,16-17,20-27,29H2,1H3,(H,53,61)(H,55,62)(H,56,60,63)(H2,51,52,54,57). The highest BCUT2D eigenvalue weighted by Crippen LogP contribution is 2.31. The van der Waals surface area contributed by atoms with Crippen molar-refractivity contribution in [2.24, 2.45) is 5.92 Å². The van der Waals surface area contributed by atoms with Crippen LogP contribution in [0.4, 0.5) is 38.9 Å². The summed E-state index contributed by atoms with van der Waals surface area (Å²) in [6, 6.07) is 29.4. The van der Waals surface area contributed by atoms with E-state index < -0.39 is 5.82 Å². The normalized spacial score (nSPS) is 19.3. The molecule has 1 saturated carbocycles. The Morgan fingerprint density at radius 2 is 1.46 bits per heavy atom. The quantitative estimate of drug-likeness (QED) is 0.0727. The van der Waals surface area contributed by atoms with Crippen LogP contribution in [0.25, 0.3) is 0 Å². The number of amides is 4. The van der Waals surface area contributed by atoms with Crippen molar-refractivity contribution in [3.63, 3.8) is 0 Å². The van der Waals surface area contributed by atoms with Gasteiger partial charge in [-0.25, -0.2) is 9.37 Å². The summed E-state index contributed by atoms with van der Waals surface area (Å²) >= 11 is 6.16. The van der Waals surface area contributed by atoms with Crippen LogP contribution in [0.15, 0.2) is 103 Å². The number of benzene rings is 4. The Bertz CT molecular complexity index is 2420. The van der Waals surface area contributed by atoms with E-state index in [0.717, 1.165) is 69.9 Å². The van der Waals surface area contributed by atoms with E-state index in [0.29, 0.717) is 58.0 Å². The van der Waals surface area contributed by atoms with Crippen molar-refractivity contribution < 1.29 is 23.6 Å². The van der Waals surface area contributed by atoms with Crippen LogP contribution in [0.2, 0.25) is 5.02 Å². The molecule has 1 unspecified atom stereocenters. The molecule has 0 bridgehead atoms. The Balaban J connectivity index is 0.751. The summed E-state index contributed by atoms with van der Waals surface area (Å²) < 4.78 is 14.7. The lowest BCUT2D eigenvalue weighted by atomic mass is 9.88. The summed E-state index contributed by atoms with van der Waals surface area (Å²) in [6.45, 7) is 3.06. The minimum absolute atomic E-state index is 0.0485. The first-order chi connectivity index (χ1) is 30.5. The van der Waals surface area contributed by atoms with E-state index in [1.807, 2.05) is 12.1 Å². The minimum Gasteiger partial charge on any atom is -0.372 e. The fourth-order valence-corrected chi connectivity index (χ4v) is 8.92. The molecule has 4 amide bonds. The van der Waals surface area contributed by atoms with Gasteiger partial charge >= 0.3 is 0 Å². The predicted molar refractivity (Wildman–Crippen MR) is 243 cm³/mol. The van der Waals surface area contributed by atoms with Crippen LogP contribution in [0.3, 0.4) is 0 Å².